The molecule has 0 fully saturated rings. The molecular formula is C19H16BrFO4. The highest BCUT2D eigenvalue weighted by Crippen LogP contribution is 2.27. The quantitative estimate of drug-likeness (QED) is 0.539. The Kier molecular flexibility index (Phi) is 5.38. The van der Waals surface area contributed by atoms with E-state index in [-0.39, 0.29) is 19.6 Å². The molecule has 6 heteroatoms. The lowest BCUT2D eigenvalue weighted by atomic mass is 10.1. The summed E-state index contributed by atoms with van der Waals surface area (Å²) in [6.07, 6.45) is 1.59. The molecule has 0 amide bonds. The first kappa shape index (κ1) is 17.5. The van der Waals surface area contributed by atoms with Crippen LogP contribution in [0.25, 0.3) is 11.0 Å². The summed E-state index contributed by atoms with van der Waals surface area (Å²) >= 11 is 3.43. The molecule has 0 bridgehead atoms. The lowest BCUT2D eigenvalue weighted by molar-refractivity contribution is -0.142. The van der Waals surface area contributed by atoms with E-state index in [1.165, 1.54) is 18.2 Å². The maximum absolute atomic E-state index is 13.5. The first-order chi connectivity index (χ1) is 12.1. The molecule has 0 N–H and O–H groups in total. The van der Waals surface area contributed by atoms with Gasteiger partial charge in [-0.1, -0.05) is 15.9 Å². The van der Waals surface area contributed by atoms with E-state index in [0.29, 0.717) is 11.3 Å². The first-order valence-corrected chi connectivity index (χ1v) is 8.58. The number of halogens is 2. The number of fused-ring (bicyclic) bond motifs is 1. The number of furan rings is 1. The zero-order valence-corrected chi connectivity index (χ0v) is 15.1. The zero-order chi connectivity index (χ0) is 17.8. The Balaban J connectivity index is 1.80. The molecule has 0 unspecified atom stereocenters. The summed E-state index contributed by atoms with van der Waals surface area (Å²) in [6, 6.07) is 9.81. The van der Waals surface area contributed by atoms with E-state index in [0.717, 1.165) is 21.0 Å². The van der Waals surface area contributed by atoms with Crippen LogP contribution >= 0.6 is 15.9 Å². The molecule has 0 spiro atoms. The van der Waals surface area contributed by atoms with Crippen LogP contribution in [0.1, 0.15) is 18.1 Å². The van der Waals surface area contributed by atoms with Crippen molar-refractivity contribution < 1.29 is 23.1 Å². The topological polar surface area (TPSA) is 48.7 Å². The van der Waals surface area contributed by atoms with E-state index in [2.05, 4.69) is 15.9 Å². The molecule has 3 aromatic rings. The van der Waals surface area contributed by atoms with Crippen molar-refractivity contribution in [3.05, 3.63) is 64.1 Å². The molecule has 2 aromatic carbocycles. The molecule has 0 aliphatic carbocycles. The lowest BCUT2D eigenvalue weighted by Gasteiger charge is -2.11. The number of hydrogen-bond acceptors (Lipinski definition) is 4. The summed E-state index contributed by atoms with van der Waals surface area (Å²) in [7, 11) is 0. The molecule has 0 aliphatic rings. The summed E-state index contributed by atoms with van der Waals surface area (Å²) < 4.78 is 30.7. The Hall–Kier alpha value is -2.34. The minimum Gasteiger partial charge on any atom is -0.488 e. The molecule has 0 saturated heterocycles. The third kappa shape index (κ3) is 4.20. The van der Waals surface area contributed by atoms with E-state index < -0.39 is 11.8 Å². The Morgan fingerprint density at radius 1 is 1.20 bits per heavy atom. The minimum absolute atomic E-state index is 0.0430. The normalized spacial score (nSPS) is 10.8. The van der Waals surface area contributed by atoms with E-state index in [4.69, 9.17) is 13.9 Å². The van der Waals surface area contributed by atoms with Crippen LogP contribution in [0.15, 0.2) is 51.6 Å². The third-order valence-corrected chi connectivity index (χ3v) is 4.15. The number of hydrogen-bond donors (Lipinski definition) is 0. The summed E-state index contributed by atoms with van der Waals surface area (Å²) in [4.78, 5) is 11.7. The molecule has 0 saturated carbocycles. The fourth-order valence-electron chi connectivity index (χ4n) is 2.52. The smallest absolute Gasteiger partial charge is 0.310 e. The highest BCUT2D eigenvalue weighted by atomic mass is 79.9. The van der Waals surface area contributed by atoms with E-state index in [9.17, 15) is 9.18 Å². The maximum Gasteiger partial charge on any atom is 0.310 e. The van der Waals surface area contributed by atoms with Gasteiger partial charge in [-0.25, -0.2) is 4.39 Å². The summed E-state index contributed by atoms with van der Waals surface area (Å²) in [5.74, 6) is -0.404. The highest BCUT2D eigenvalue weighted by molar-refractivity contribution is 9.10. The standard InChI is InChI=1S/C19H16BrFO4/c1-2-23-19(22)8-12-7-15(21)4-6-17(12)24-10-13-11-25-18-5-3-14(20)9-16(13)18/h3-7,9,11H,2,8,10H2,1H3. The summed E-state index contributed by atoms with van der Waals surface area (Å²) in [5.41, 5.74) is 2.07. The molecule has 0 atom stereocenters. The van der Waals surface area contributed by atoms with Gasteiger partial charge >= 0.3 is 5.97 Å². The Labute approximate surface area is 152 Å². The van der Waals surface area contributed by atoms with Gasteiger partial charge in [-0.05, 0) is 43.3 Å². The van der Waals surface area contributed by atoms with Crippen LogP contribution in [0.3, 0.4) is 0 Å². The van der Waals surface area contributed by atoms with Crippen LogP contribution < -0.4 is 4.74 Å². The molecule has 4 nitrogen and oxygen atoms in total. The molecule has 130 valence electrons. The van der Waals surface area contributed by atoms with Crippen molar-refractivity contribution in [2.24, 2.45) is 0 Å². The molecular weight excluding hydrogens is 391 g/mol. The van der Waals surface area contributed by atoms with Crippen LogP contribution in [-0.4, -0.2) is 12.6 Å². The van der Waals surface area contributed by atoms with E-state index in [1.54, 1.807) is 13.2 Å². The number of esters is 1. The summed E-state index contributed by atoms with van der Waals surface area (Å²) in [6.45, 7) is 2.24. The van der Waals surface area contributed by atoms with Gasteiger partial charge in [0, 0.05) is 21.0 Å². The second-order valence-electron chi connectivity index (χ2n) is 5.42. The van der Waals surface area contributed by atoms with Gasteiger partial charge in [0.2, 0.25) is 0 Å². The fraction of sp³-hybridized carbons (Fsp3) is 0.211. The second-order valence-corrected chi connectivity index (χ2v) is 6.34. The Bertz CT molecular complexity index is 904. The molecule has 0 radical (unpaired) electrons. The zero-order valence-electron chi connectivity index (χ0n) is 13.6. The monoisotopic (exact) mass is 406 g/mol. The van der Waals surface area contributed by atoms with Crippen molar-refractivity contribution in [2.45, 2.75) is 20.0 Å². The van der Waals surface area contributed by atoms with Gasteiger partial charge in [0.25, 0.3) is 0 Å². The Morgan fingerprint density at radius 3 is 2.84 bits per heavy atom. The predicted molar refractivity (Wildman–Crippen MR) is 95.0 cm³/mol. The van der Waals surface area contributed by atoms with Crippen molar-refractivity contribution >= 4 is 32.9 Å². The average Bonchev–Trinajstić information content (AvgIpc) is 2.96. The van der Waals surface area contributed by atoms with Crippen molar-refractivity contribution in [2.75, 3.05) is 6.61 Å². The van der Waals surface area contributed by atoms with Crippen LogP contribution in [0.2, 0.25) is 0 Å². The second kappa shape index (κ2) is 7.70. The maximum atomic E-state index is 13.5. The van der Waals surface area contributed by atoms with Crippen LogP contribution in [-0.2, 0) is 22.6 Å². The number of carbonyl (C=O) groups excluding carboxylic acids is 1. The molecule has 1 heterocycles. The van der Waals surface area contributed by atoms with E-state index >= 15 is 0 Å². The van der Waals surface area contributed by atoms with Gasteiger partial charge in [-0.15, -0.1) is 0 Å². The molecule has 25 heavy (non-hydrogen) atoms. The van der Waals surface area contributed by atoms with Crippen molar-refractivity contribution in [3.8, 4) is 5.75 Å². The van der Waals surface area contributed by atoms with Crippen molar-refractivity contribution in [3.63, 3.8) is 0 Å². The van der Waals surface area contributed by atoms with Gasteiger partial charge < -0.3 is 13.9 Å². The van der Waals surface area contributed by atoms with Crippen LogP contribution in [0, 0.1) is 5.82 Å². The SMILES string of the molecule is CCOC(=O)Cc1cc(F)ccc1OCc1coc2ccc(Br)cc12. The molecule has 3 rings (SSSR count). The number of ether oxygens (including phenoxy) is 2. The highest BCUT2D eigenvalue weighted by Gasteiger charge is 2.13. The van der Waals surface area contributed by atoms with Crippen LogP contribution in [0.5, 0.6) is 5.75 Å². The van der Waals surface area contributed by atoms with Gasteiger partial charge in [0.05, 0.1) is 19.3 Å². The summed E-state index contributed by atoms with van der Waals surface area (Å²) in [5, 5.41) is 0.934. The van der Waals surface area contributed by atoms with E-state index in [1.807, 2.05) is 18.2 Å². The minimum atomic E-state index is -0.427. The van der Waals surface area contributed by atoms with Gasteiger partial charge in [0.1, 0.15) is 23.8 Å². The first-order valence-electron chi connectivity index (χ1n) is 7.79. The predicted octanol–water partition coefficient (Wildman–Crippen LogP) is 5.02. The van der Waals surface area contributed by atoms with Crippen LogP contribution in [0.4, 0.5) is 4.39 Å². The average molecular weight is 407 g/mol. The molecule has 1 aromatic heterocycles. The van der Waals surface area contributed by atoms with Gasteiger partial charge in [-0.3, -0.25) is 4.79 Å². The van der Waals surface area contributed by atoms with Gasteiger partial charge in [0.15, 0.2) is 0 Å². The Morgan fingerprint density at radius 2 is 2.04 bits per heavy atom. The number of benzene rings is 2. The van der Waals surface area contributed by atoms with Gasteiger partial charge in [-0.2, -0.15) is 0 Å². The largest absolute Gasteiger partial charge is 0.488 e. The van der Waals surface area contributed by atoms with Crippen molar-refractivity contribution in [1.29, 1.82) is 0 Å². The number of rotatable bonds is 6. The lowest BCUT2D eigenvalue weighted by Crippen LogP contribution is -2.09. The fourth-order valence-corrected chi connectivity index (χ4v) is 2.88. The number of carbonyl (C=O) groups is 1. The van der Waals surface area contributed by atoms with Crippen molar-refractivity contribution in [1.82, 2.24) is 0 Å². The third-order valence-electron chi connectivity index (χ3n) is 3.66. The molecule has 0 aliphatic heterocycles.